The van der Waals surface area contributed by atoms with Gasteiger partial charge < -0.3 is 5.11 Å². The van der Waals surface area contributed by atoms with E-state index in [9.17, 15) is 5.11 Å². The minimum Gasteiger partial charge on any atom is -0.393 e. The van der Waals surface area contributed by atoms with Gasteiger partial charge in [-0.3, -0.25) is 0 Å². The summed E-state index contributed by atoms with van der Waals surface area (Å²) in [5, 5.41) is 9.56. The van der Waals surface area contributed by atoms with E-state index in [1.165, 1.54) is 11.3 Å². The summed E-state index contributed by atoms with van der Waals surface area (Å²) in [5.41, 5.74) is 1.12. The molecule has 1 heterocycles. The van der Waals surface area contributed by atoms with Crippen LogP contribution in [0, 0.1) is 5.92 Å². The molecule has 0 aliphatic heterocycles. The van der Waals surface area contributed by atoms with Crippen LogP contribution in [0.15, 0.2) is 6.07 Å². The van der Waals surface area contributed by atoms with E-state index in [-0.39, 0.29) is 6.10 Å². The van der Waals surface area contributed by atoms with Crippen LogP contribution in [-0.4, -0.2) is 11.2 Å². The second-order valence-electron chi connectivity index (χ2n) is 3.76. The zero-order chi connectivity index (χ0) is 10.3. The maximum atomic E-state index is 9.56. The van der Waals surface area contributed by atoms with Crippen molar-refractivity contribution >= 4 is 34.5 Å². The number of hydrogen-bond donors (Lipinski definition) is 1. The Bertz CT molecular complexity index is 337. The molecule has 78 valence electrons. The zero-order valence-corrected chi connectivity index (χ0v) is 10.2. The molecule has 0 amide bonds. The second-order valence-corrected chi connectivity index (χ2v) is 6.05. The van der Waals surface area contributed by atoms with Crippen molar-refractivity contribution in [1.82, 2.24) is 0 Å². The van der Waals surface area contributed by atoms with Gasteiger partial charge in [-0.25, -0.2) is 0 Å². The van der Waals surface area contributed by atoms with E-state index in [2.05, 4.69) is 6.92 Å². The minimum absolute atomic E-state index is 0.153. The lowest BCUT2D eigenvalue weighted by Gasteiger charge is -2.41. The van der Waals surface area contributed by atoms with Gasteiger partial charge in [0.2, 0.25) is 0 Å². The molecule has 1 nitrogen and oxygen atoms in total. The van der Waals surface area contributed by atoms with Gasteiger partial charge in [0.05, 0.1) is 14.8 Å². The van der Waals surface area contributed by atoms with Crippen LogP contribution < -0.4 is 0 Å². The molecule has 0 bridgehead atoms. The fraction of sp³-hybridized carbons (Fsp3) is 0.600. The molecule has 0 saturated heterocycles. The molecule has 1 fully saturated rings. The summed E-state index contributed by atoms with van der Waals surface area (Å²) in [6, 6.07) is 1.94. The third-order valence-electron chi connectivity index (χ3n) is 3.06. The van der Waals surface area contributed by atoms with Gasteiger partial charge in [-0.2, -0.15) is 0 Å². The van der Waals surface area contributed by atoms with Crippen LogP contribution in [-0.2, 0) is 0 Å². The number of aliphatic hydroxyl groups is 1. The first-order valence-electron chi connectivity index (χ1n) is 4.76. The summed E-state index contributed by atoms with van der Waals surface area (Å²) in [7, 11) is 0. The van der Waals surface area contributed by atoms with Gasteiger partial charge >= 0.3 is 0 Å². The molecule has 3 atom stereocenters. The van der Waals surface area contributed by atoms with Crippen molar-refractivity contribution in [2.24, 2.45) is 5.92 Å². The Kier molecular flexibility index (Phi) is 3.08. The summed E-state index contributed by atoms with van der Waals surface area (Å²) < 4.78 is 1.52. The first kappa shape index (κ1) is 10.7. The van der Waals surface area contributed by atoms with E-state index in [1.807, 2.05) is 6.07 Å². The summed E-state index contributed by atoms with van der Waals surface area (Å²) in [5.74, 6) is 0.768. The molecule has 1 aliphatic carbocycles. The predicted molar refractivity (Wildman–Crippen MR) is 61.5 cm³/mol. The van der Waals surface area contributed by atoms with E-state index in [0.29, 0.717) is 11.8 Å². The smallest absolute Gasteiger partial charge is 0.0979 e. The molecule has 0 aromatic carbocycles. The summed E-state index contributed by atoms with van der Waals surface area (Å²) in [6.45, 7) is 2.10. The quantitative estimate of drug-likeness (QED) is 0.844. The Balaban J connectivity index is 2.20. The van der Waals surface area contributed by atoms with Gasteiger partial charge in [-0.15, -0.1) is 11.3 Å². The van der Waals surface area contributed by atoms with Crippen molar-refractivity contribution in [3.8, 4) is 0 Å². The molecule has 3 unspecified atom stereocenters. The van der Waals surface area contributed by atoms with E-state index in [4.69, 9.17) is 23.2 Å². The lowest BCUT2D eigenvalue weighted by Crippen LogP contribution is -2.38. The maximum Gasteiger partial charge on any atom is 0.0979 e. The highest BCUT2D eigenvalue weighted by molar-refractivity contribution is 7.20. The molecular formula is C10H12Cl2OS. The van der Waals surface area contributed by atoms with Crippen molar-refractivity contribution in [3.05, 3.63) is 20.3 Å². The lowest BCUT2D eigenvalue weighted by molar-refractivity contribution is -0.000553. The van der Waals surface area contributed by atoms with Crippen LogP contribution >= 0.6 is 34.5 Å². The zero-order valence-electron chi connectivity index (χ0n) is 7.84. The molecule has 2 rings (SSSR count). The fourth-order valence-corrected chi connectivity index (χ4v) is 3.80. The molecule has 1 aromatic heterocycles. The van der Waals surface area contributed by atoms with E-state index in [0.717, 1.165) is 27.1 Å². The first-order chi connectivity index (χ1) is 6.63. The molecular weight excluding hydrogens is 239 g/mol. The molecule has 1 N–H and O–H groups in total. The minimum atomic E-state index is -0.153. The van der Waals surface area contributed by atoms with Crippen LogP contribution in [0.5, 0.6) is 0 Å². The Morgan fingerprint density at radius 1 is 1.57 bits per heavy atom. The van der Waals surface area contributed by atoms with Crippen LogP contribution in [0.1, 0.15) is 31.2 Å². The lowest BCUT2D eigenvalue weighted by atomic mass is 9.67. The van der Waals surface area contributed by atoms with Crippen LogP contribution in [0.2, 0.25) is 8.67 Å². The van der Waals surface area contributed by atoms with Crippen molar-refractivity contribution in [2.75, 3.05) is 0 Å². The molecule has 1 aliphatic rings. The van der Waals surface area contributed by atoms with Gasteiger partial charge in [0.1, 0.15) is 0 Å². The highest BCUT2D eigenvalue weighted by Crippen LogP contribution is 2.49. The number of hydrogen-bond acceptors (Lipinski definition) is 2. The van der Waals surface area contributed by atoms with Gasteiger partial charge in [0.25, 0.3) is 0 Å². The number of aliphatic hydroxyl groups excluding tert-OH is 1. The third-order valence-corrected chi connectivity index (χ3v) is 4.58. The highest BCUT2D eigenvalue weighted by atomic mass is 35.5. The average molecular weight is 251 g/mol. The number of halogens is 2. The summed E-state index contributed by atoms with van der Waals surface area (Å²) in [6.07, 6.45) is 1.67. The third kappa shape index (κ3) is 1.69. The monoisotopic (exact) mass is 250 g/mol. The van der Waals surface area contributed by atoms with Crippen LogP contribution in [0.25, 0.3) is 0 Å². The summed E-state index contributed by atoms with van der Waals surface area (Å²) in [4.78, 5) is 0. The molecule has 0 spiro atoms. The molecule has 0 radical (unpaired) electrons. The van der Waals surface area contributed by atoms with Crippen molar-refractivity contribution in [2.45, 2.75) is 31.8 Å². The molecule has 4 heteroatoms. The topological polar surface area (TPSA) is 20.2 Å². The molecule has 1 aromatic rings. The van der Waals surface area contributed by atoms with Crippen molar-refractivity contribution in [1.29, 1.82) is 0 Å². The summed E-state index contributed by atoms with van der Waals surface area (Å²) >= 11 is 13.4. The maximum absolute atomic E-state index is 9.56. The molecule has 14 heavy (non-hydrogen) atoms. The van der Waals surface area contributed by atoms with E-state index >= 15 is 0 Å². The van der Waals surface area contributed by atoms with Gasteiger partial charge in [-0.1, -0.05) is 36.5 Å². The first-order valence-corrected chi connectivity index (χ1v) is 6.33. The Hall–Kier alpha value is 0.240. The second kappa shape index (κ2) is 4.01. The number of thiophene rings is 1. The van der Waals surface area contributed by atoms with Crippen molar-refractivity contribution in [3.63, 3.8) is 0 Å². The average Bonchev–Trinajstić information content (AvgIpc) is 2.41. The molecule has 1 saturated carbocycles. The Morgan fingerprint density at radius 3 is 2.71 bits per heavy atom. The normalized spacial score (nSPS) is 31.6. The number of rotatable bonds is 2. The highest BCUT2D eigenvalue weighted by Gasteiger charge is 2.40. The van der Waals surface area contributed by atoms with Gasteiger partial charge in [-0.05, 0) is 29.9 Å². The van der Waals surface area contributed by atoms with Gasteiger partial charge in [0.15, 0.2) is 0 Å². The predicted octanol–water partition coefficient (Wildman–Crippen LogP) is 3.93. The van der Waals surface area contributed by atoms with Gasteiger partial charge in [0, 0.05) is 0 Å². The SMILES string of the molecule is CCC1C(O)CC1c1cc(Cl)sc1Cl. The van der Waals surface area contributed by atoms with Crippen LogP contribution in [0.3, 0.4) is 0 Å². The van der Waals surface area contributed by atoms with Crippen molar-refractivity contribution < 1.29 is 5.11 Å². The Labute approximate surface area is 97.7 Å². The fourth-order valence-electron chi connectivity index (χ4n) is 2.20. The van der Waals surface area contributed by atoms with Crippen LogP contribution in [0.4, 0.5) is 0 Å². The van der Waals surface area contributed by atoms with E-state index < -0.39 is 0 Å². The standard InChI is InChI=1S/C10H12Cl2OS/c1-2-5-6(3-8(5)13)7-4-9(11)14-10(7)12/h4-6,8,13H,2-3H2,1H3. The Morgan fingerprint density at radius 2 is 2.29 bits per heavy atom. The van der Waals surface area contributed by atoms with E-state index in [1.54, 1.807) is 0 Å². The largest absolute Gasteiger partial charge is 0.393 e.